The van der Waals surface area contributed by atoms with E-state index in [1.54, 1.807) is 13.2 Å². The highest BCUT2D eigenvalue weighted by Crippen LogP contribution is 2.32. The fourth-order valence-corrected chi connectivity index (χ4v) is 4.87. The van der Waals surface area contributed by atoms with Gasteiger partial charge in [-0.05, 0) is 55.7 Å². The summed E-state index contributed by atoms with van der Waals surface area (Å²) in [7, 11) is -2.21. The molecule has 2 rings (SSSR count). The van der Waals surface area contributed by atoms with Crippen LogP contribution in [0.4, 0.5) is 5.69 Å². The van der Waals surface area contributed by atoms with Crippen molar-refractivity contribution in [1.82, 2.24) is 5.32 Å². The fraction of sp³-hybridized carbons (Fsp3) is 0.381. The van der Waals surface area contributed by atoms with Crippen LogP contribution in [0.3, 0.4) is 0 Å². The summed E-state index contributed by atoms with van der Waals surface area (Å²) in [4.78, 5) is 13.0. The second-order valence-electron chi connectivity index (χ2n) is 7.03. The summed E-state index contributed by atoms with van der Waals surface area (Å²) in [5, 5.41) is 3.44. The monoisotopic (exact) mass is 472 g/mol. The minimum absolute atomic E-state index is 0.155. The molecule has 0 unspecified atom stereocenters. The van der Waals surface area contributed by atoms with Crippen LogP contribution in [0, 0.1) is 6.92 Å². The van der Waals surface area contributed by atoms with Crippen molar-refractivity contribution in [1.29, 1.82) is 0 Å². The van der Waals surface area contributed by atoms with Crippen molar-refractivity contribution < 1.29 is 17.9 Å². The Morgan fingerprint density at radius 3 is 2.40 bits per heavy atom. The van der Waals surface area contributed by atoms with Gasteiger partial charge in [-0.25, -0.2) is 8.42 Å². The van der Waals surface area contributed by atoms with Crippen molar-refractivity contribution in [3.8, 4) is 5.75 Å². The molecule has 2 aromatic carbocycles. The summed E-state index contributed by atoms with van der Waals surface area (Å²) in [6.45, 7) is 5.38. The fourth-order valence-electron chi connectivity index (χ4n) is 3.27. The molecule has 0 aromatic heterocycles. The predicted octanol–water partition coefficient (Wildman–Crippen LogP) is 4.73. The Morgan fingerprint density at radius 2 is 1.87 bits per heavy atom. The van der Waals surface area contributed by atoms with E-state index >= 15 is 0 Å². The first-order chi connectivity index (χ1) is 14.0. The predicted molar refractivity (Wildman–Crippen MR) is 122 cm³/mol. The van der Waals surface area contributed by atoms with Crippen molar-refractivity contribution in [2.75, 3.05) is 17.7 Å². The van der Waals surface area contributed by atoms with Crippen LogP contribution in [-0.4, -0.2) is 33.7 Å². The van der Waals surface area contributed by atoms with Gasteiger partial charge in [-0.1, -0.05) is 42.3 Å². The molecule has 164 valence electrons. The third-order valence-electron chi connectivity index (χ3n) is 4.78. The number of benzene rings is 2. The summed E-state index contributed by atoms with van der Waals surface area (Å²) in [5.41, 5.74) is 2.00. The molecule has 0 aliphatic rings. The number of sulfonamides is 1. The highest BCUT2D eigenvalue weighted by molar-refractivity contribution is 7.92. The Labute approximate surface area is 188 Å². The van der Waals surface area contributed by atoms with Crippen molar-refractivity contribution in [2.45, 2.75) is 39.3 Å². The van der Waals surface area contributed by atoms with Gasteiger partial charge in [0.25, 0.3) is 0 Å². The molecule has 0 radical (unpaired) electrons. The SMILES string of the molecule is CC[C@H](NC(=O)[C@@H](C)N(c1cc(Cl)ccc1Cl)S(C)(=O)=O)c1ccc(OC)c(C)c1. The average Bonchev–Trinajstić information content (AvgIpc) is 2.67. The van der Waals surface area contributed by atoms with E-state index in [0.717, 1.165) is 27.4 Å². The summed E-state index contributed by atoms with van der Waals surface area (Å²) in [6.07, 6.45) is 1.65. The number of anilines is 1. The maximum atomic E-state index is 13.0. The molecule has 0 aliphatic carbocycles. The van der Waals surface area contributed by atoms with Crippen LogP contribution in [0.15, 0.2) is 36.4 Å². The number of carbonyl (C=O) groups excluding carboxylic acids is 1. The van der Waals surface area contributed by atoms with Crippen molar-refractivity contribution >= 4 is 44.8 Å². The Hall–Kier alpha value is -1.96. The van der Waals surface area contributed by atoms with Crippen LogP contribution in [0.2, 0.25) is 10.0 Å². The van der Waals surface area contributed by atoms with E-state index in [-0.39, 0.29) is 16.8 Å². The molecule has 0 heterocycles. The Kier molecular flexibility index (Phi) is 8.02. The maximum Gasteiger partial charge on any atom is 0.244 e. The van der Waals surface area contributed by atoms with E-state index in [4.69, 9.17) is 27.9 Å². The molecule has 2 aromatic rings. The standard InChI is InChI=1S/C21H26Cl2N2O4S/c1-6-18(15-7-10-20(29-4)13(2)11-15)24-21(26)14(3)25(30(5,27)28)19-12-16(22)8-9-17(19)23/h7-12,14,18H,6H2,1-5H3,(H,24,26)/t14-,18+/m1/s1. The number of hydrogen-bond donors (Lipinski definition) is 1. The minimum atomic E-state index is -3.81. The van der Waals surface area contributed by atoms with E-state index < -0.39 is 22.0 Å². The van der Waals surface area contributed by atoms with E-state index in [1.807, 2.05) is 32.0 Å². The van der Waals surface area contributed by atoms with Gasteiger partial charge in [-0.2, -0.15) is 0 Å². The third-order valence-corrected chi connectivity index (χ3v) is 6.56. The van der Waals surface area contributed by atoms with E-state index in [1.165, 1.54) is 19.1 Å². The number of aryl methyl sites for hydroxylation is 1. The molecule has 1 amide bonds. The van der Waals surface area contributed by atoms with Crippen molar-refractivity contribution in [2.24, 2.45) is 0 Å². The summed E-state index contributed by atoms with van der Waals surface area (Å²) in [6, 6.07) is 8.82. The summed E-state index contributed by atoms with van der Waals surface area (Å²) >= 11 is 12.2. The van der Waals surface area contributed by atoms with E-state index in [2.05, 4.69) is 5.32 Å². The van der Waals surface area contributed by atoms with Gasteiger partial charge < -0.3 is 10.1 Å². The van der Waals surface area contributed by atoms with Crippen LogP contribution >= 0.6 is 23.2 Å². The quantitative estimate of drug-likeness (QED) is 0.602. The Morgan fingerprint density at radius 1 is 1.20 bits per heavy atom. The highest BCUT2D eigenvalue weighted by atomic mass is 35.5. The molecule has 0 fully saturated rings. The van der Waals surface area contributed by atoms with Gasteiger partial charge in [0.15, 0.2) is 0 Å². The van der Waals surface area contributed by atoms with E-state index in [9.17, 15) is 13.2 Å². The molecule has 1 N–H and O–H groups in total. The Balaban J connectivity index is 2.34. The van der Waals surface area contributed by atoms with E-state index in [0.29, 0.717) is 11.4 Å². The van der Waals surface area contributed by atoms with Crippen LogP contribution in [-0.2, 0) is 14.8 Å². The molecule has 0 bridgehead atoms. The van der Waals surface area contributed by atoms with Crippen LogP contribution < -0.4 is 14.4 Å². The molecular weight excluding hydrogens is 447 g/mol. The number of halogens is 2. The first-order valence-corrected chi connectivity index (χ1v) is 12.0. The number of rotatable bonds is 8. The number of nitrogens with one attached hydrogen (secondary N) is 1. The number of methoxy groups -OCH3 is 1. The van der Waals surface area contributed by atoms with Gasteiger partial charge in [-0.15, -0.1) is 0 Å². The lowest BCUT2D eigenvalue weighted by Crippen LogP contribution is -2.48. The summed E-state index contributed by atoms with van der Waals surface area (Å²) in [5.74, 6) is 0.309. The van der Waals surface area contributed by atoms with Crippen LogP contribution in [0.5, 0.6) is 5.75 Å². The minimum Gasteiger partial charge on any atom is -0.496 e. The maximum absolute atomic E-state index is 13.0. The van der Waals surface area contributed by atoms with Crippen LogP contribution in [0.1, 0.15) is 37.4 Å². The first kappa shape index (κ1) is 24.3. The molecule has 2 atom stereocenters. The average molecular weight is 473 g/mol. The first-order valence-electron chi connectivity index (χ1n) is 9.39. The molecule has 30 heavy (non-hydrogen) atoms. The number of carbonyl (C=O) groups is 1. The van der Waals surface area contributed by atoms with Gasteiger partial charge in [0.2, 0.25) is 15.9 Å². The second-order valence-corrected chi connectivity index (χ2v) is 9.73. The molecule has 0 aliphatic heterocycles. The highest BCUT2D eigenvalue weighted by Gasteiger charge is 2.31. The van der Waals surface area contributed by atoms with Crippen molar-refractivity contribution in [3.05, 3.63) is 57.6 Å². The van der Waals surface area contributed by atoms with Gasteiger partial charge in [0.05, 0.1) is 30.1 Å². The number of nitrogens with zero attached hydrogens (tertiary/aromatic N) is 1. The van der Waals surface area contributed by atoms with Gasteiger partial charge in [0, 0.05) is 5.02 Å². The smallest absolute Gasteiger partial charge is 0.244 e. The molecule has 6 nitrogen and oxygen atoms in total. The second kappa shape index (κ2) is 9.90. The molecule has 0 spiro atoms. The molecule has 0 saturated carbocycles. The molecule has 0 saturated heterocycles. The number of ether oxygens (including phenoxy) is 1. The van der Waals surface area contributed by atoms with Crippen molar-refractivity contribution in [3.63, 3.8) is 0 Å². The lowest BCUT2D eigenvalue weighted by atomic mass is 10.0. The van der Waals surface area contributed by atoms with Gasteiger partial charge in [0.1, 0.15) is 11.8 Å². The normalized spacial score (nSPS) is 13.4. The van der Waals surface area contributed by atoms with Gasteiger partial charge >= 0.3 is 0 Å². The lowest BCUT2D eigenvalue weighted by molar-refractivity contribution is -0.122. The number of hydrogen-bond acceptors (Lipinski definition) is 4. The Bertz CT molecular complexity index is 1030. The molecule has 9 heteroatoms. The lowest BCUT2D eigenvalue weighted by Gasteiger charge is -2.30. The zero-order valence-electron chi connectivity index (χ0n) is 17.6. The molecular formula is C21H26Cl2N2O4S. The number of amides is 1. The zero-order valence-corrected chi connectivity index (χ0v) is 19.9. The zero-order chi connectivity index (χ0) is 22.6. The largest absolute Gasteiger partial charge is 0.496 e. The third kappa shape index (κ3) is 5.59. The van der Waals surface area contributed by atoms with Crippen LogP contribution in [0.25, 0.3) is 0 Å². The van der Waals surface area contributed by atoms with Gasteiger partial charge in [-0.3, -0.25) is 9.10 Å². The topological polar surface area (TPSA) is 75.7 Å². The summed E-state index contributed by atoms with van der Waals surface area (Å²) < 4.78 is 31.3.